The molecule has 1 aromatic heterocycles. The number of halogens is 1. The van der Waals surface area contributed by atoms with Crippen LogP contribution < -0.4 is 10.2 Å². The summed E-state index contributed by atoms with van der Waals surface area (Å²) in [6.07, 6.45) is 1.83. The molecule has 5 heteroatoms. The van der Waals surface area contributed by atoms with Crippen molar-refractivity contribution in [2.45, 2.75) is 19.8 Å². The molecule has 106 valence electrons. The molecule has 0 aliphatic carbocycles. The summed E-state index contributed by atoms with van der Waals surface area (Å²) in [6.45, 7) is 2.09. The van der Waals surface area contributed by atoms with E-state index in [9.17, 15) is 0 Å². The first-order valence-electron chi connectivity index (χ1n) is 6.66. The summed E-state index contributed by atoms with van der Waals surface area (Å²) in [5, 5.41) is 3.72. The number of aromatic nitrogens is 2. The summed E-state index contributed by atoms with van der Waals surface area (Å²) >= 11 is 6.02. The van der Waals surface area contributed by atoms with Gasteiger partial charge >= 0.3 is 0 Å². The summed E-state index contributed by atoms with van der Waals surface area (Å²) in [4.78, 5) is 10.7. The fraction of sp³-hybridized carbons (Fsp3) is 0.333. The van der Waals surface area contributed by atoms with Crippen LogP contribution in [0, 0.1) is 0 Å². The minimum atomic E-state index is 0.468. The van der Waals surface area contributed by atoms with Crippen LogP contribution in [0.3, 0.4) is 0 Å². The zero-order valence-corrected chi connectivity index (χ0v) is 12.8. The molecule has 0 saturated carbocycles. The van der Waals surface area contributed by atoms with E-state index in [0.717, 1.165) is 35.9 Å². The first-order chi connectivity index (χ1) is 9.58. The van der Waals surface area contributed by atoms with E-state index < -0.39 is 0 Å². The molecule has 4 nitrogen and oxygen atoms in total. The van der Waals surface area contributed by atoms with E-state index in [4.69, 9.17) is 11.6 Å². The third kappa shape index (κ3) is 3.84. The maximum absolute atomic E-state index is 6.02. The van der Waals surface area contributed by atoms with Crippen molar-refractivity contribution in [1.82, 2.24) is 9.97 Å². The summed E-state index contributed by atoms with van der Waals surface area (Å²) in [5.41, 5.74) is 2.13. The predicted octanol–water partition coefficient (Wildman–Crippen LogP) is 3.89. The Morgan fingerprint density at radius 3 is 2.45 bits per heavy atom. The highest BCUT2D eigenvalue weighted by atomic mass is 35.5. The Morgan fingerprint density at radius 1 is 1.15 bits per heavy atom. The van der Waals surface area contributed by atoms with Crippen molar-refractivity contribution in [3.05, 3.63) is 41.3 Å². The van der Waals surface area contributed by atoms with Crippen molar-refractivity contribution in [2.24, 2.45) is 0 Å². The predicted molar refractivity (Wildman–Crippen MR) is 85.1 cm³/mol. The molecule has 0 atom stereocenters. The molecular weight excluding hydrogens is 272 g/mol. The van der Waals surface area contributed by atoms with Crippen LogP contribution in [0.1, 0.15) is 19.2 Å². The van der Waals surface area contributed by atoms with Gasteiger partial charge in [-0.2, -0.15) is 0 Å². The molecule has 1 aromatic carbocycles. The van der Waals surface area contributed by atoms with Crippen molar-refractivity contribution >= 4 is 28.8 Å². The van der Waals surface area contributed by atoms with Crippen LogP contribution in [-0.2, 0) is 6.42 Å². The fourth-order valence-electron chi connectivity index (χ4n) is 1.85. The summed E-state index contributed by atoms with van der Waals surface area (Å²) in [6, 6.07) is 9.88. The van der Waals surface area contributed by atoms with Gasteiger partial charge in [-0.3, -0.25) is 0 Å². The number of benzene rings is 1. The van der Waals surface area contributed by atoms with E-state index in [1.807, 2.05) is 26.2 Å². The average Bonchev–Trinajstić information content (AvgIpc) is 2.39. The van der Waals surface area contributed by atoms with Crippen LogP contribution in [0.4, 0.5) is 17.2 Å². The lowest BCUT2D eigenvalue weighted by Crippen LogP contribution is -2.08. The maximum Gasteiger partial charge on any atom is 0.135 e. The first kappa shape index (κ1) is 14.6. The van der Waals surface area contributed by atoms with Gasteiger partial charge in [0, 0.05) is 38.0 Å². The Morgan fingerprint density at radius 2 is 1.85 bits per heavy atom. The molecule has 1 N–H and O–H groups in total. The van der Waals surface area contributed by atoms with E-state index >= 15 is 0 Å². The van der Waals surface area contributed by atoms with Crippen LogP contribution in [0.15, 0.2) is 30.3 Å². The average molecular weight is 291 g/mol. The highest BCUT2D eigenvalue weighted by Crippen LogP contribution is 2.20. The standard InChI is InChI=1S/C15H19ClN4/c1-4-5-14-18-13(16)10-15(19-14)17-11-6-8-12(9-7-11)20(2)3/h6-10H,4-5H2,1-3H3,(H,17,18,19). The molecule has 2 rings (SSSR count). The van der Waals surface area contributed by atoms with Crippen LogP contribution in [0.25, 0.3) is 0 Å². The third-order valence-electron chi connectivity index (χ3n) is 2.87. The number of rotatable bonds is 5. The highest BCUT2D eigenvalue weighted by Gasteiger charge is 2.03. The molecule has 0 saturated heterocycles. The molecule has 0 aliphatic heterocycles. The Labute approximate surface area is 124 Å². The zero-order chi connectivity index (χ0) is 14.5. The smallest absolute Gasteiger partial charge is 0.135 e. The topological polar surface area (TPSA) is 41.1 Å². The lowest BCUT2D eigenvalue weighted by atomic mass is 10.2. The van der Waals surface area contributed by atoms with Crippen LogP contribution in [0.2, 0.25) is 5.15 Å². The van der Waals surface area contributed by atoms with Crippen LogP contribution in [0.5, 0.6) is 0 Å². The Hall–Kier alpha value is -1.81. The van der Waals surface area contributed by atoms with Gasteiger partial charge in [0.1, 0.15) is 16.8 Å². The second kappa shape index (κ2) is 6.57. The molecule has 0 bridgehead atoms. The second-order valence-corrected chi connectivity index (χ2v) is 5.20. The Kier molecular flexibility index (Phi) is 4.79. The number of nitrogens with zero attached hydrogens (tertiary/aromatic N) is 3. The zero-order valence-electron chi connectivity index (χ0n) is 12.0. The van der Waals surface area contributed by atoms with Crippen molar-refractivity contribution in [2.75, 3.05) is 24.3 Å². The molecule has 0 fully saturated rings. The van der Waals surface area contributed by atoms with Crippen molar-refractivity contribution in [3.8, 4) is 0 Å². The third-order valence-corrected chi connectivity index (χ3v) is 3.06. The fourth-order valence-corrected chi connectivity index (χ4v) is 2.06. The largest absolute Gasteiger partial charge is 0.378 e. The van der Waals surface area contributed by atoms with Gasteiger partial charge in [0.05, 0.1) is 0 Å². The molecule has 0 spiro atoms. The number of hydrogen-bond acceptors (Lipinski definition) is 4. The number of aryl methyl sites for hydroxylation is 1. The van der Waals surface area contributed by atoms with E-state index in [-0.39, 0.29) is 0 Å². The number of nitrogens with one attached hydrogen (secondary N) is 1. The first-order valence-corrected chi connectivity index (χ1v) is 7.04. The molecule has 0 aliphatic rings. The van der Waals surface area contributed by atoms with Gasteiger partial charge in [0.25, 0.3) is 0 Å². The van der Waals surface area contributed by atoms with Gasteiger partial charge in [-0.1, -0.05) is 18.5 Å². The van der Waals surface area contributed by atoms with Gasteiger partial charge in [0.15, 0.2) is 0 Å². The monoisotopic (exact) mass is 290 g/mol. The molecule has 1 heterocycles. The van der Waals surface area contributed by atoms with Gasteiger partial charge in [-0.25, -0.2) is 9.97 Å². The van der Waals surface area contributed by atoms with Gasteiger partial charge in [0.2, 0.25) is 0 Å². The minimum absolute atomic E-state index is 0.468. The molecular formula is C15H19ClN4. The lowest BCUT2D eigenvalue weighted by molar-refractivity contribution is 0.837. The quantitative estimate of drug-likeness (QED) is 0.848. The summed E-state index contributed by atoms with van der Waals surface area (Å²) < 4.78 is 0. The van der Waals surface area contributed by atoms with Crippen molar-refractivity contribution in [3.63, 3.8) is 0 Å². The van der Waals surface area contributed by atoms with E-state index in [1.54, 1.807) is 6.07 Å². The Bertz CT molecular complexity index is 567. The lowest BCUT2D eigenvalue weighted by Gasteiger charge is -2.13. The van der Waals surface area contributed by atoms with Crippen LogP contribution in [-0.4, -0.2) is 24.1 Å². The van der Waals surface area contributed by atoms with Gasteiger partial charge in [-0.05, 0) is 30.7 Å². The van der Waals surface area contributed by atoms with E-state index in [2.05, 4.69) is 39.2 Å². The van der Waals surface area contributed by atoms with E-state index in [1.165, 1.54) is 0 Å². The summed E-state index contributed by atoms with van der Waals surface area (Å²) in [5.74, 6) is 1.50. The highest BCUT2D eigenvalue weighted by molar-refractivity contribution is 6.29. The van der Waals surface area contributed by atoms with Gasteiger partial charge < -0.3 is 10.2 Å². The van der Waals surface area contributed by atoms with Crippen molar-refractivity contribution < 1.29 is 0 Å². The molecule has 20 heavy (non-hydrogen) atoms. The van der Waals surface area contributed by atoms with Gasteiger partial charge in [-0.15, -0.1) is 0 Å². The normalized spacial score (nSPS) is 10.4. The SMILES string of the molecule is CCCc1nc(Cl)cc(Nc2ccc(N(C)C)cc2)n1. The Balaban J connectivity index is 2.16. The number of hydrogen-bond donors (Lipinski definition) is 1. The summed E-state index contributed by atoms with van der Waals surface area (Å²) in [7, 11) is 4.04. The molecule has 0 radical (unpaired) electrons. The van der Waals surface area contributed by atoms with Crippen molar-refractivity contribution in [1.29, 1.82) is 0 Å². The van der Waals surface area contributed by atoms with E-state index in [0.29, 0.717) is 5.15 Å². The molecule has 0 unspecified atom stereocenters. The van der Waals surface area contributed by atoms with Crippen LogP contribution >= 0.6 is 11.6 Å². The second-order valence-electron chi connectivity index (χ2n) is 4.81. The molecule has 0 amide bonds. The maximum atomic E-state index is 6.02. The molecule has 2 aromatic rings. The minimum Gasteiger partial charge on any atom is -0.378 e. The number of anilines is 3.